The maximum atomic E-state index is 12.2. The van der Waals surface area contributed by atoms with Gasteiger partial charge < -0.3 is 0 Å². The van der Waals surface area contributed by atoms with Gasteiger partial charge in [0.1, 0.15) is 0 Å². The van der Waals surface area contributed by atoms with Crippen LogP contribution in [0.2, 0.25) is 0 Å². The molecule has 3 rings (SSSR count). The average Bonchev–Trinajstić information content (AvgIpc) is 2.49. The lowest BCUT2D eigenvalue weighted by atomic mass is 9.91. The molecule has 0 saturated heterocycles. The molecule has 0 amide bonds. The van der Waals surface area contributed by atoms with Crippen molar-refractivity contribution in [3.8, 4) is 0 Å². The number of rotatable bonds is 0. The third-order valence-corrected chi connectivity index (χ3v) is 2.79. The van der Waals surface area contributed by atoms with Crippen molar-refractivity contribution in [1.82, 2.24) is 4.98 Å². The molecule has 1 aromatic rings. The number of fused-ring (bicyclic) bond motifs is 2. The van der Waals surface area contributed by atoms with Gasteiger partial charge in [0.2, 0.25) is 0 Å². The van der Waals surface area contributed by atoms with E-state index in [1.54, 1.807) is 18.5 Å². The second-order valence-electron chi connectivity index (χ2n) is 3.74. The van der Waals surface area contributed by atoms with Crippen molar-refractivity contribution < 1.29 is 4.79 Å². The maximum absolute atomic E-state index is 12.2. The summed E-state index contributed by atoms with van der Waals surface area (Å²) < 4.78 is 0. The number of hydrogen-bond donors (Lipinski definition) is 0. The van der Waals surface area contributed by atoms with Crippen molar-refractivity contribution >= 4 is 23.8 Å². The molecular formula is C12H9N3O. The Morgan fingerprint density at radius 1 is 1.31 bits per heavy atom. The second kappa shape index (κ2) is 3.48. The van der Waals surface area contributed by atoms with E-state index in [-0.39, 0.29) is 11.7 Å². The van der Waals surface area contributed by atoms with Crippen LogP contribution < -0.4 is 0 Å². The Kier molecular flexibility index (Phi) is 1.99. The molecule has 1 aliphatic heterocycles. The summed E-state index contributed by atoms with van der Waals surface area (Å²) in [4.78, 5) is 16.4. The molecular weight excluding hydrogens is 202 g/mol. The first-order chi connectivity index (χ1) is 7.86. The van der Waals surface area contributed by atoms with E-state index in [1.807, 2.05) is 18.2 Å². The zero-order valence-corrected chi connectivity index (χ0v) is 8.50. The predicted octanol–water partition coefficient (Wildman–Crippen LogP) is 1.74. The van der Waals surface area contributed by atoms with Gasteiger partial charge in [-0.05, 0) is 24.3 Å². The Morgan fingerprint density at radius 2 is 2.25 bits per heavy atom. The molecule has 16 heavy (non-hydrogen) atoms. The molecule has 0 saturated carbocycles. The molecule has 0 N–H and O–H groups in total. The van der Waals surface area contributed by atoms with Crippen LogP contribution in [0.5, 0.6) is 0 Å². The molecule has 0 bridgehead atoms. The molecule has 1 unspecified atom stereocenters. The Labute approximate surface area is 92.4 Å². The highest BCUT2D eigenvalue weighted by Gasteiger charge is 2.28. The number of Topliss-reactive ketones (excluding diaryl/α,β-unsaturated/α-hetero) is 1. The number of aromatic nitrogens is 1. The van der Waals surface area contributed by atoms with E-state index in [0.29, 0.717) is 17.7 Å². The van der Waals surface area contributed by atoms with Crippen molar-refractivity contribution in [3.63, 3.8) is 0 Å². The summed E-state index contributed by atoms with van der Waals surface area (Å²) in [7, 11) is 0. The van der Waals surface area contributed by atoms with Crippen molar-refractivity contribution in [2.75, 3.05) is 0 Å². The van der Waals surface area contributed by atoms with Crippen molar-refractivity contribution in [2.24, 2.45) is 16.1 Å². The highest BCUT2D eigenvalue weighted by atomic mass is 16.1. The third-order valence-electron chi connectivity index (χ3n) is 2.79. The molecule has 1 aromatic heterocycles. The predicted molar refractivity (Wildman–Crippen MR) is 61.6 cm³/mol. The first-order valence-corrected chi connectivity index (χ1v) is 5.13. The van der Waals surface area contributed by atoms with E-state index in [2.05, 4.69) is 15.2 Å². The number of carbonyl (C=O) groups is 1. The Bertz CT molecular complexity index is 543. The lowest BCUT2D eigenvalue weighted by Crippen LogP contribution is -2.24. The van der Waals surface area contributed by atoms with Gasteiger partial charge in [0, 0.05) is 24.4 Å². The van der Waals surface area contributed by atoms with Crippen LogP contribution in [0.1, 0.15) is 22.5 Å². The Morgan fingerprint density at radius 3 is 3.19 bits per heavy atom. The minimum Gasteiger partial charge on any atom is -0.293 e. The van der Waals surface area contributed by atoms with Crippen LogP contribution in [-0.2, 0) is 0 Å². The summed E-state index contributed by atoms with van der Waals surface area (Å²) in [6, 6.07) is 3.59. The van der Waals surface area contributed by atoms with Gasteiger partial charge in [-0.3, -0.25) is 9.78 Å². The highest BCUT2D eigenvalue weighted by Crippen LogP contribution is 2.23. The Balaban J connectivity index is 2.16. The standard InChI is InChI=1S/C12H9N3O/c16-12-8-2-1-6-13-10(8)3-4-11-9(12)5-7-14-15-11/h1-4,6-7,9H,5H2. The average molecular weight is 211 g/mol. The van der Waals surface area contributed by atoms with E-state index in [9.17, 15) is 4.79 Å². The van der Waals surface area contributed by atoms with Crippen LogP contribution in [0.4, 0.5) is 0 Å². The summed E-state index contributed by atoms with van der Waals surface area (Å²) in [5.74, 6) is -0.114. The zero-order chi connectivity index (χ0) is 11.0. The van der Waals surface area contributed by atoms with Crippen LogP contribution in [0.3, 0.4) is 0 Å². The lowest BCUT2D eigenvalue weighted by molar-refractivity contribution is 0.0957. The molecule has 1 atom stereocenters. The molecule has 0 aromatic carbocycles. The fraction of sp³-hybridized carbons (Fsp3) is 0.167. The van der Waals surface area contributed by atoms with Gasteiger partial charge in [-0.1, -0.05) is 0 Å². The molecule has 4 nitrogen and oxygen atoms in total. The Hall–Kier alpha value is -2.10. The molecule has 0 spiro atoms. The molecule has 0 radical (unpaired) electrons. The van der Waals surface area contributed by atoms with Gasteiger partial charge >= 0.3 is 0 Å². The van der Waals surface area contributed by atoms with Crippen LogP contribution in [0, 0.1) is 5.92 Å². The van der Waals surface area contributed by atoms with Crippen molar-refractivity contribution in [1.29, 1.82) is 0 Å². The van der Waals surface area contributed by atoms with E-state index in [4.69, 9.17) is 0 Å². The summed E-state index contributed by atoms with van der Waals surface area (Å²) in [5.41, 5.74) is 2.11. The molecule has 2 aliphatic rings. The first-order valence-electron chi connectivity index (χ1n) is 5.13. The van der Waals surface area contributed by atoms with Crippen LogP contribution >= 0.6 is 0 Å². The van der Waals surface area contributed by atoms with Gasteiger partial charge in [-0.2, -0.15) is 10.2 Å². The summed E-state index contributed by atoms with van der Waals surface area (Å²) in [6.45, 7) is 0. The smallest absolute Gasteiger partial charge is 0.174 e. The van der Waals surface area contributed by atoms with E-state index in [1.165, 1.54) is 0 Å². The number of hydrogen-bond acceptors (Lipinski definition) is 4. The van der Waals surface area contributed by atoms with Gasteiger partial charge in [0.05, 0.1) is 17.3 Å². The highest BCUT2D eigenvalue weighted by molar-refractivity contribution is 6.21. The monoisotopic (exact) mass is 211 g/mol. The molecule has 1 aliphatic carbocycles. The van der Waals surface area contributed by atoms with E-state index in [0.717, 1.165) is 5.71 Å². The van der Waals surface area contributed by atoms with E-state index < -0.39 is 0 Å². The lowest BCUT2D eigenvalue weighted by Gasteiger charge is -2.14. The minimum absolute atomic E-state index is 0.0815. The minimum atomic E-state index is -0.195. The SMILES string of the molecule is O=C1c2cccnc2C=CC2=NN=CCC12. The number of nitrogens with zero attached hydrogens (tertiary/aromatic N) is 3. The van der Waals surface area contributed by atoms with E-state index >= 15 is 0 Å². The van der Waals surface area contributed by atoms with Crippen LogP contribution in [-0.4, -0.2) is 22.7 Å². The first kappa shape index (κ1) is 9.15. The van der Waals surface area contributed by atoms with Crippen LogP contribution in [0.25, 0.3) is 6.08 Å². The number of pyridine rings is 1. The largest absolute Gasteiger partial charge is 0.293 e. The normalized spacial score (nSPS) is 22.1. The van der Waals surface area contributed by atoms with Crippen LogP contribution in [0.15, 0.2) is 34.6 Å². The van der Waals surface area contributed by atoms with Gasteiger partial charge in [0.15, 0.2) is 5.78 Å². The van der Waals surface area contributed by atoms with Gasteiger partial charge in [0.25, 0.3) is 0 Å². The molecule has 78 valence electrons. The van der Waals surface area contributed by atoms with Gasteiger partial charge in [-0.15, -0.1) is 0 Å². The number of carbonyl (C=O) groups excluding carboxylic acids is 1. The number of ketones is 1. The third kappa shape index (κ3) is 1.31. The summed E-state index contributed by atoms with van der Waals surface area (Å²) in [5, 5.41) is 7.84. The maximum Gasteiger partial charge on any atom is 0.174 e. The molecule has 0 fully saturated rings. The topological polar surface area (TPSA) is 54.7 Å². The van der Waals surface area contributed by atoms with Crippen molar-refractivity contribution in [3.05, 3.63) is 35.7 Å². The summed E-state index contributed by atoms with van der Waals surface area (Å²) in [6.07, 6.45) is 7.64. The second-order valence-corrected chi connectivity index (χ2v) is 3.74. The fourth-order valence-corrected chi connectivity index (χ4v) is 1.95. The van der Waals surface area contributed by atoms with Crippen molar-refractivity contribution in [2.45, 2.75) is 6.42 Å². The summed E-state index contributed by atoms with van der Waals surface area (Å²) >= 11 is 0. The zero-order valence-electron chi connectivity index (χ0n) is 8.50. The quantitative estimate of drug-likeness (QED) is 0.656. The molecule has 4 heteroatoms. The van der Waals surface area contributed by atoms with Gasteiger partial charge in [-0.25, -0.2) is 0 Å². The fourth-order valence-electron chi connectivity index (χ4n) is 1.95. The molecule has 2 heterocycles. The number of allylic oxidation sites excluding steroid dienone is 1.